The second-order valence-corrected chi connectivity index (χ2v) is 6.79. The molecule has 1 amide bonds. The van der Waals surface area contributed by atoms with Gasteiger partial charge in [-0.1, -0.05) is 50.1 Å². The Morgan fingerprint density at radius 1 is 1.20 bits per heavy atom. The average molecular weight is 359 g/mol. The van der Waals surface area contributed by atoms with Crippen LogP contribution in [0.5, 0.6) is 0 Å². The van der Waals surface area contributed by atoms with Crippen LogP contribution < -0.4 is 5.32 Å². The lowest BCUT2D eigenvalue weighted by Gasteiger charge is -2.40. The van der Waals surface area contributed by atoms with Gasteiger partial charge in [0, 0.05) is 0 Å². The summed E-state index contributed by atoms with van der Waals surface area (Å²) < 4.78 is 45.2. The molecule has 1 aliphatic carbocycles. The highest BCUT2D eigenvalue weighted by atomic mass is 19.4. The molecular formula is C18H24F3NO3. The smallest absolute Gasteiger partial charge is 0.419 e. The normalized spacial score (nSPS) is 23.6. The first kappa shape index (κ1) is 19.6. The van der Waals surface area contributed by atoms with Crippen molar-refractivity contribution >= 4 is 6.09 Å². The Hall–Kier alpha value is -1.76. The molecule has 0 heterocycles. The lowest BCUT2D eigenvalue weighted by atomic mass is 9.73. The molecule has 1 fully saturated rings. The minimum atomic E-state index is -4.81. The largest absolute Gasteiger partial charge is 0.445 e. The van der Waals surface area contributed by atoms with E-state index >= 15 is 0 Å². The van der Waals surface area contributed by atoms with Crippen molar-refractivity contribution in [2.45, 2.75) is 51.0 Å². The lowest BCUT2D eigenvalue weighted by molar-refractivity contribution is -0.280. The van der Waals surface area contributed by atoms with E-state index in [1.54, 1.807) is 30.3 Å². The fourth-order valence-corrected chi connectivity index (χ4v) is 3.19. The summed E-state index contributed by atoms with van der Waals surface area (Å²) in [6, 6.07) is 8.81. The zero-order chi connectivity index (χ0) is 18.5. The van der Waals surface area contributed by atoms with Gasteiger partial charge in [0.1, 0.15) is 6.61 Å². The predicted octanol–water partition coefficient (Wildman–Crippen LogP) is 4.03. The summed E-state index contributed by atoms with van der Waals surface area (Å²) >= 11 is 0. The fraction of sp³-hybridized carbons (Fsp3) is 0.611. The molecule has 0 saturated heterocycles. The van der Waals surface area contributed by atoms with E-state index < -0.39 is 30.3 Å². The van der Waals surface area contributed by atoms with Gasteiger partial charge in [-0.25, -0.2) is 4.79 Å². The summed E-state index contributed by atoms with van der Waals surface area (Å²) in [5.74, 6) is -0.560. The first-order valence-corrected chi connectivity index (χ1v) is 8.46. The topological polar surface area (TPSA) is 58.6 Å². The molecule has 0 bridgehead atoms. The standard InChI is InChI=1S/C18H24F3NO3/c1-13-7-9-15(10-8-13)17(24,18(19,20)21)12-22-16(23)25-11-14-5-3-2-4-6-14/h2-6,13,15,24H,7-12H2,1H3,(H,22,23). The van der Waals surface area contributed by atoms with Gasteiger partial charge in [-0.05, 0) is 30.2 Å². The van der Waals surface area contributed by atoms with Crippen LogP contribution in [0.3, 0.4) is 0 Å². The van der Waals surface area contributed by atoms with E-state index in [9.17, 15) is 23.1 Å². The van der Waals surface area contributed by atoms with Crippen LogP contribution in [0.25, 0.3) is 0 Å². The zero-order valence-electron chi connectivity index (χ0n) is 14.2. The minimum Gasteiger partial charge on any atom is -0.445 e. The molecule has 0 aromatic heterocycles. The molecule has 2 N–H and O–H groups in total. The average Bonchev–Trinajstić information content (AvgIpc) is 2.58. The molecule has 1 aliphatic rings. The van der Waals surface area contributed by atoms with Gasteiger partial charge in [0.25, 0.3) is 0 Å². The molecule has 0 spiro atoms. The lowest BCUT2D eigenvalue weighted by Crippen LogP contribution is -2.59. The van der Waals surface area contributed by atoms with Crippen LogP contribution in [0.2, 0.25) is 0 Å². The number of hydrogen-bond donors (Lipinski definition) is 2. The van der Waals surface area contributed by atoms with E-state index in [1.165, 1.54) is 0 Å². The van der Waals surface area contributed by atoms with Crippen LogP contribution in [-0.4, -0.2) is 29.5 Å². The number of amides is 1. The Kier molecular flexibility index (Phi) is 6.32. The summed E-state index contributed by atoms with van der Waals surface area (Å²) in [5.41, 5.74) is -2.20. The Morgan fingerprint density at radius 2 is 1.80 bits per heavy atom. The van der Waals surface area contributed by atoms with E-state index in [1.807, 2.05) is 6.92 Å². The Balaban J connectivity index is 1.92. The maximum atomic E-state index is 13.4. The molecule has 1 aromatic rings. The third kappa shape index (κ3) is 5.11. The molecule has 1 saturated carbocycles. The van der Waals surface area contributed by atoms with Crippen molar-refractivity contribution in [1.82, 2.24) is 5.32 Å². The highest BCUT2D eigenvalue weighted by Gasteiger charge is 2.58. The number of rotatable bonds is 5. The van der Waals surface area contributed by atoms with Crippen molar-refractivity contribution in [3.63, 3.8) is 0 Å². The number of benzene rings is 1. The summed E-state index contributed by atoms with van der Waals surface area (Å²) in [4.78, 5) is 11.7. The van der Waals surface area contributed by atoms with Crippen LogP contribution in [-0.2, 0) is 11.3 Å². The molecule has 1 aromatic carbocycles. The molecule has 1 unspecified atom stereocenters. The van der Waals surface area contributed by atoms with E-state index in [0.717, 1.165) is 5.56 Å². The number of alkyl halides is 3. The van der Waals surface area contributed by atoms with Gasteiger partial charge in [-0.15, -0.1) is 0 Å². The van der Waals surface area contributed by atoms with Crippen LogP contribution in [0, 0.1) is 11.8 Å². The van der Waals surface area contributed by atoms with Crippen LogP contribution in [0.4, 0.5) is 18.0 Å². The van der Waals surface area contributed by atoms with Crippen molar-refractivity contribution in [2.75, 3.05) is 6.54 Å². The maximum absolute atomic E-state index is 13.4. The van der Waals surface area contributed by atoms with Crippen LogP contribution in [0.1, 0.15) is 38.2 Å². The molecule has 0 aliphatic heterocycles. The number of carbonyl (C=O) groups excluding carboxylic acids is 1. The summed E-state index contributed by atoms with van der Waals surface area (Å²) in [6.45, 7) is 1.04. The molecule has 0 radical (unpaired) electrons. The maximum Gasteiger partial charge on any atom is 0.419 e. The number of ether oxygens (including phenoxy) is 1. The SMILES string of the molecule is CC1CCC(C(O)(CNC(=O)OCc2ccccc2)C(F)(F)F)CC1. The predicted molar refractivity (Wildman–Crippen MR) is 86.8 cm³/mol. The summed E-state index contributed by atoms with van der Waals surface area (Å²) in [7, 11) is 0. The first-order valence-electron chi connectivity index (χ1n) is 8.46. The summed E-state index contributed by atoms with van der Waals surface area (Å²) in [5, 5.41) is 12.4. The third-order valence-corrected chi connectivity index (χ3v) is 4.90. The zero-order valence-corrected chi connectivity index (χ0v) is 14.2. The van der Waals surface area contributed by atoms with Crippen molar-refractivity contribution in [2.24, 2.45) is 11.8 Å². The van der Waals surface area contributed by atoms with Crippen LogP contribution in [0.15, 0.2) is 30.3 Å². The number of nitrogens with one attached hydrogen (secondary N) is 1. The summed E-state index contributed by atoms with van der Waals surface area (Å²) in [6.07, 6.45) is -3.93. The minimum absolute atomic E-state index is 0.0436. The second kappa shape index (κ2) is 8.08. The number of halogens is 3. The number of aliphatic hydroxyl groups is 1. The van der Waals surface area contributed by atoms with Gasteiger partial charge < -0.3 is 15.2 Å². The van der Waals surface area contributed by atoms with Crippen molar-refractivity contribution in [3.8, 4) is 0 Å². The molecule has 140 valence electrons. The Bertz CT molecular complexity index is 556. The van der Waals surface area contributed by atoms with Crippen molar-refractivity contribution < 1.29 is 27.8 Å². The third-order valence-electron chi connectivity index (χ3n) is 4.90. The van der Waals surface area contributed by atoms with Gasteiger partial charge in [0.15, 0.2) is 5.60 Å². The van der Waals surface area contributed by atoms with E-state index in [0.29, 0.717) is 18.8 Å². The number of alkyl carbamates (subject to hydrolysis) is 1. The molecular weight excluding hydrogens is 335 g/mol. The van der Waals surface area contributed by atoms with Gasteiger partial charge in [-0.3, -0.25) is 0 Å². The second-order valence-electron chi connectivity index (χ2n) is 6.79. The van der Waals surface area contributed by atoms with E-state index in [-0.39, 0.29) is 19.4 Å². The molecule has 1 atom stereocenters. The van der Waals surface area contributed by atoms with Crippen molar-refractivity contribution in [1.29, 1.82) is 0 Å². The Morgan fingerprint density at radius 3 is 2.36 bits per heavy atom. The van der Waals surface area contributed by atoms with E-state index in [4.69, 9.17) is 4.74 Å². The van der Waals surface area contributed by atoms with E-state index in [2.05, 4.69) is 5.32 Å². The quantitative estimate of drug-likeness (QED) is 0.834. The van der Waals surface area contributed by atoms with Gasteiger partial charge in [0.2, 0.25) is 0 Å². The molecule has 7 heteroatoms. The molecule has 4 nitrogen and oxygen atoms in total. The highest BCUT2D eigenvalue weighted by molar-refractivity contribution is 5.67. The van der Waals surface area contributed by atoms with Gasteiger partial charge in [-0.2, -0.15) is 13.2 Å². The fourth-order valence-electron chi connectivity index (χ4n) is 3.19. The van der Waals surface area contributed by atoms with Gasteiger partial charge >= 0.3 is 12.3 Å². The molecule has 25 heavy (non-hydrogen) atoms. The first-order chi connectivity index (χ1) is 11.7. The highest BCUT2D eigenvalue weighted by Crippen LogP contribution is 2.43. The monoisotopic (exact) mass is 359 g/mol. The number of carbonyl (C=O) groups is 1. The van der Waals surface area contributed by atoms with Crippen LogP contribution >= 0.6 is 0 Å². The number of hydrogen-bond acceptors (Lipinski definition) is 3. The van der Waals surface area contributed by atoms with Crippen molar-refractivity contribution in [3.05, 3.63) is 35.9 Å². The van der Waals surface area contributed by atoms with Gasteiger partial charge in [0.05, 0.1) is 6.54 Å². The molecule has 2 rings (SSSR count). The Labute approximate surface area is 145 Å².